The molecular weight excluding hydrogens is 242 g/mol. The first-order chi connectivity index (χ1) is 9.22. The standard InChI is InChI=1S/C14H17N3O2/c1-10(13-15-7-8-16-13)17-14(18)12-6-4-3-5-11(12)9-19-2/h3-8,10H,9H2,1-2H3,(H,15,16)(H,17,18). The second-order valence-electron chi connectivity index (χ2n) is 4.26. The van der Waals surface area contributed by atoms with E-state index in [1.54, 1.807) is 25.6 Å². The van der Waals surface area contributed by atoms with Crippen LogP contribution in [0.2, 0.25) is 0 Å². The highest BCUT2D eigenvalue weighted by atomic mass is 16.5. The lowest BCUT2D eigenvalue weighted by Crippen LogP contribution is -2.28. The number of hydrogen-bond acceptors (Lipinski definition) is 3. The molecule has 0 aliphatic heterocycles. The molecule has 0 spiro atoms. The molecule has 0 aliphatic rings. The lowest BCUT2D eigenvalue weighted by atomic mass is 10.1. The summed E-state index contributed by atoms with van der Waals surface area (Å²) in [6, 6.07) is 7.24. The maximum Gasteiger partial charge on any atom is 0.252 e. The Morgan fingerprint density at radius 2 is 2.26 bits per heavy atom. The van der Waals surface area contributed by atoms with E-state index >= 15 is 0 Å². The van der Waals surface area contributed by atoms with Crippen LogP contribution in [-0.4, -0.2) is 23.0 Å². The molecule has 2 aromatic rings. The molecule has 1 aromatic heterocycles. The van der Waals surface area contributed by atoms with Gasteiger partial charge < -0.3 is 15.0 Å². The van der Waals surface area contributed by atoms with Crippen molar-refractivity contribution < 1.29 is 9.53 Å². The molecule has 0 saturated heterocycles. The third-order valence-corrected chi connectivity index (χ3v) is 2.84. The van der Waals surface area contributed by atoms with Crippen molar-refractivity contribution >= 4 is 5.91 Å². The molecule has 100 valence electrons. The number of methoxy groups -OCH3 is 1. The van der Waals surface area contributed by atoms with Crippen molar-refractivity contribution in [1.82, 2.24) is 15.3 Å². The van der Waals surface area contributed by atoms with Crippen LogP contribution in [0.3, 0.4) is 0 Å². The van der Waals surface area contributed by atoms with E-state index in [0.717, 1.165) is 11.4 Å². The van der Waals surface area contributed by atoms with E-state index in [0.29, 0.717) is 12.2 Å². The first-order valence-corrected chi connectivity index (χ1v) is 6.09. The number of ether oxygens (including phenoxy) is 1. The molecule has 0 aliphatic carbocycles. The van der Waals surface area contributed by atoms with Gasteiger partial charge in [0.25, 0.3) is 5.91 Å². The zero-order valence-corrected chi connectivity index (χ0v) is 11.0. The van der Waals surface area contributed by atoms with Crippen LogP contribution in [0.5, 0.6) is 0 Å². The highest BCUT2D eigenvalue weighted by Crippen LogP contribution is 2.12. The third kappa shape index (κ3) is 3.20. The Balaban J connectivity index is 2.11. The van der Waals surface area contributed by atoms with Crippen LogP contribution in [0, 0.1) is 0 Å². The number of nitrogens with zero attached hydrogens (tertiary/aromatic N) is 1. The summed E-state index contributed by atoms with van der Waals surface area (Å²) in [5.41, 5.74) is 1.50. The second kappa shape index (κ2) is 6.15. The van der Waals surface area contributed by atoms with Crippen LogP contribution in [0.25, 0.3) is 0 Å². The predicted molar refractivity (Wildman–Crippen MR) is 71.6 cm³/mol. The number of imidazole rings is 1. The van der Waals surface area contributed by atoms with Gasteiger partial charge in [0, 0.05) is 25.1 Å². The van der Waals surface area contributed by atoms with Gasteiger partial charge in [-0.25, -0.2) is 4.98 Å². The van der Waals surface area contributed by atoms with E-state index in [1.165, 1.54) is 0 Å². The maximum absolute atomic E-state index is 12.2. The summed E-state index contributed by atoms with van der Waals surface area (Å²) < 4.78 is 5.10. The van der Waals surface area contributed by atoms with E-state index in [9.17, 15) is 4.79 Å². The second-order valence-corrected chi connectivity index (χ2v) is 4.26. The average Bonchev–Trinajstić information content (AvgIpc) is 2.93. The maximum atomic E-state index is 12.2. The van der Waals surface area contributed by atoms with Gasteiger partial charge in [0.2, 0.25) is 0 Å². The lowest BCUT2D eigenvalue weighted by Gasteiger charge is -2.13. The van der Waals surface area contributed by atoms with Crippen LogP contribution in [0.4, 0.5) is 0 Å². The summed E-state index contributed by atoms with van der Waals surface area (Å²) in [5, 5.41) is 2.91. The Kier molecular flexibility index (Phi) is 4.30. The predicted octanol–water partition coefficient (Wildman–Crippen LogP) is 2.05. The Morgan fingerprint density at radius 1 is 1.47 bits per heavy atom. The molecule has 2 N–H and O–H groups in total. The quantitative estimate of drug-likeness (QED) is 0.863. The third-order valence-electron chi connectivity index (χ3n) is 2.84. The van der Waals surface area contributed by atoms with Crippen molar-refractivity contribution in [2.75, 3.05) is 7.11 Å². The number of H-pyrrole nitrogens is 1. The van der Waals surface area contributed by atoms with Gasteiger partial charge in [-0.3, -0.25) is 4.79 Å². The molecule has 0 bridgehead atoms. The fraction of sp³-hybridized carbons (Fsp3) is 0.286. The fourth-order valence-corrected chi connectivity index (χ4v) is 1.88. The number of hydrogen-bond donors (Lipinski definition) is 2. The molecule has 1 unspecified atom stereocenters. The molecule has 0 fully saturated rings. The number of aromatic amines is 1. The molecule has 1 atom stereocenters. The minimum atomic E-state index is -0.168. The SMILES string of the molecule is COCc1ccccc1C(=O)NC(C)c1ncc[nH]1. The van der Waals surface area contributed by atoms with Crippen molar-refractivity contribution in [3.63, 3.8) is 0 Å². The molecule has 1 aromatic carbocycles. The number of aromatic nitrogens is 2. The normalized spacial score (nSPS) is 12.1. The monoisotopic (exact) mass is 259 g/mol. The highest BCUT2D eigenvalue weighted by molar-refractivity contribution is 5.95. The minimum absolute atomic E-state index is 0.128. The molecule has 2 rings (SSSR count). The van der Waals surface area contributed by atoms with E-state index < -0.39 is 0 Å². The molecule has 1 heterocycles. The summed E-state index contributed by atoms with van der Waals surface area (Å²) in [5.74, 6) is 0.606. The van der Waals surface area contributed by atoms with Crippen molar-refractivity contribution in [2.45, 2.75) is 19.6 Å². The van der Waals surface area contributed by atoms with Crippen LogP contribution < -0.4 is 5.32 Å². The Hall–Kier alpha value is -2.14. The van der Waals surface area contributed by atoms with Gasteiger partial charge in [-0.05, 0) is 18.6 Å². The van der Waals surface area contributed by atoms with Crippen LogP contribution in [-0.2, 0) is 11.3 Å². The molecule has 1 amide bonds. The molecule has 0 saturated carbocycles. The van der Waals surface area contributed by atoms with Crippen molar-refractivity contribution in [1.29, 1.82) is 0 Å². The van der Waals surface area contributed by atoms with Gasteiger partial charge in [0.1, 0.15) is 5.82 Å². The number of rotatable bonds is 5. The summed E-state index contributed by atoms with van der Waals surface area (Å²) >= 11 is 0. The average molecular weight is 259 g/mol. The summed E-state index contributed by atoms with van der Waals surface area (Å²) in [7, 11) is 1.61. The largest absolute Gasteiger partial charge is 0.380 e. The van der Waals surface area contributed by atoms with E-state index in [2.05, 4.69) is 15.3 Å². The zero-order valence-electron chi connectivity index (χ0n) is 11.0. The molecular formula is C14H17N3O2. The van der Waals surface area contributed by atoms with E-state index in [1.807, 2.05) is 25.1 Å². The zero-order chi connectivity index (χ0) is 13.7. The molecule has 0 radical (unpaired) electrons. The Morgan fingerprint density at radius 3 is 2.95 bits per heavy atom. The van der Waals surface area contributed by atoms with Gasteiger partial charge in [-0.2, -0.15) is 0 Å². The number of benzene rings is 1. The van der Waals surface area contributed by atoms with Crippen LogP contribution >= 0.6 is 0 Å². The number of carbonyl (C=O) groups is 1. The van der Waals surface area contributed by atoms with Crippen LogP contribution in [0.1, 0.15) is 34.7 Å². The first-order valence-electron chi connectivity index (χ1n) is 6.09. The first kappa shape index (κ1) is 13.3. The number of carbonyl (C=O) groups excluding carboxylic acids is 1. The summed E-state index contributed by atoms with van der Waals surface area (Å²) in [6.07, 6.45) is 3.40. The topological polar surface area (TPSA) is 67.0 Å². The van der Waals surface area contributed by atoms with Gasteiger partial charge in [-0.15, -0.1) is 0 Å². The van der Waals surface area contributed by atoms with Crippen LogP contribution in [0.15, 0.2) is 36.7 Å². The number of nitrogens with one attached hydrogen (secondary N) is 2. The van der Waals surface area contributed by atoms with Gasteiger partial charge in [-0.1, -0.05) is 18.2 Å². The Labute approximate surface area is 112 Å². The molecule has 19 heavy (non-hydrogen) atoms. The van der Waals surface area contributed by atoms with Crippen molar-refractivity contribution in [3.8, 4) is 0 Å². The van der Waals surface area contributed by atoms with E-state index in [-0.39, 0.29) is 11.9 Å². The minimum Gasteiger partial charge on any atom is -0.380 e. The Bertz CT molecular complexity index is 537. The smallest absolute Gasteiger partial charge is 0.252 e. The van der Waals surface area contributed by atoms with Gasteiger partial charge in [0.05, 0.1) is 12.6 Å². The molecule has 5 heteroatoms. The fourth-order valence-electron chi connectivity index (χ4n) is 1.88. The van der Waals surface area contributed by atoms with Gasteiger partial charge in [0.15, 0.2) is 0 Å². The highest BCUT2D eigenvalue weighted by Gasteiger charge is 2.15. The number of amides is 1. The van der Waals surface area contributed by atoms with Gasteiger partial charge >= 0.3 is 0 Å². The van der Waals surface area contributed by atoms with Crippen molar-refractivity contribution in [3.05, 3.63) is 53.6 Å². The lowest BCUT2D eigenvalue weighted by molar-refractivity contribution is 0.0933. The summed E-state index contributed by atoms with van der Waals surface area (Å²) in [4.78, 5) is 19.3. The van der Waals surface area contributed by atoms with E-state index in [4.69, 9.17) is 4.74 Å². The summed E-state index contributed by atoms with van der Waals surface area (Å²) in [6.45, 7) is 2.30. The van der Waals surface area contributed by atoms with Crippen molar-refractivity contribution in [2.24, 2.45) is 0 Å². The molecule has 5 nitrogen and oxygen atoms in total.